The normalized spacial score (nSPS) is 25.4. The summed E-state index contributed by atoms with van der Waals surface area (Å²) >= 11 is 0. The zero-order chi connectivity index (χ0) is 11.0. The van der Waals surface area contributed by atoms with Crippen LogP contribution in [0, 0.1) is 0 Å². The summed E-state index contributed by atoms with van der Waals surface area (Å²) in [6, 6.07) is -0.292. The van der Waals surface area contributed by atoms with Gasteiger partial charge in [-0.25, -0.2) is 25.9 Å². The van der Waals surface area contributed by atoms with E-state index in [-0.39, 0.29) is 12.6 Å². The molecule has 1 aliphatic heterocycles. The van der Waals surface area contributed by atoms with E-state index < -0.39 is 20.0 Å². The first kappa shape index (κ1) is 11.9. The van der Waals surface area contributed by atoms with Gasteiger partial charge in [0, 0.05) is 19.1 Å². The molecule has 1 rings (SSSR count). The van der Waals surface area contributed by atoms with Gasteiger partial charge in [-0.1, -0.05) is 0 Å². The molecule has 0 aromatic carbocycles. The maximum Gasteiger partial charge on any atom is 0.211 e. The van der Waals surface area contributed by atoms with Crippen LogP contribution in [0.1, 0.15) is 6.42 Å². The highest BCUT2D eigenvalue weighted by atomic mass is 32.2. The Morgan fingerprint density at radius 2 is 1.79 bits per heavy atom. The maximum absolute atomic E-state index is 11.1. The molecule has 1 fully saturated rings. The van der Waals surface area contributed by atoms with E-state index in [0.717, 1.165) is 12.5 Å². The third-order valence-corrected chi connectivity index (χ3v) is 4.03. The largest absolute Gasteiger partial charge is 0.213 e. The molecule has 1 aliphatic rings. The van der Waals surface area contributed by atoms with Crippen LogP contribution < -0.4 is 4.72 Å². The van der Waals surface area contributed by atoms with Crippen LogP contribution in [0.15, 0.2) is 0 Å². The van der Waals surface area contributed by atoms with Crippen molar-refractivity contribution >= 4 is 20.0 Å². The first-order valence-corrected chi connectivity index (χ1v) is 7.85. The van der Waals surface area contributed by atoms with Crippen molar-refractivity contribution in [2.45, 2.75) is 12.5 Å². The van der Waals surface area contributed by atoms with Gasteiger partial charge in [-0.2, -0.15) is 0 Å². The molecule has 0 radical (unpaired) electrons. The summed E-state index contributed by atoms with van der Waals surface area (Å²) in [7, 11) is -6.44. The van der Waals surface area contributed by atoms with Gasteiger partial charge in [0.15, 0.2) is 0 Å². The zero-order valence-electron chi connectivity index (χ0n) is 8.10. The Morgan fingerprint density at radius 3 is 2.14 bits per heavy atom. The Labute approximate surface area is 84.4 Å². The quantitative estimate of drug-likeness (QED) is 0.657. The van der Waals surface area contributed by atoms with Gasteiger partial charge >= 0.3 is 0 Å². The molecular weight excluding hydrogens is 228 g/mol. The average Bonchev–Trinajstić information content (AvgIpc) is 2.29. The van der Waals surface area contributed by atoms with Crippen LogP contribution in [-0.4, -0.2) is 52.8 Å². The van der Waals surface area contributed by atoms with Gasteiger partial charge in [-0.3, -0.25) is 0 Å². The lowest BCUT2D eigenvalue weighted by molar-refractivity contribution is 0.472. The number of nitrogens with one attached hydrogen (secondary N) is 1. The molecule has 1 saturated heterocycles. The standard InChI is InChI=1S/C6H14N2O4S2/c1-13(9,10)7-6-3-4-8(5-6)14(2,11)12/h6-7H,3-5H2,1-2H3. The number of hydrogen-bond donors (Lipinski definition) is 1. The summed E-state index contributed by atoms with van der Waals surface area (Å²) in [6.45, 7) is 0.609. The molecule has 8 heteroatoms. The Morgan fingerprint density at radius 1 is 1.21 bits per heavy atom. The van der Waals surface area contributed by atoms with E-state index in [1.165, 1.54) is 4.31 Å². The molecule has 0 aromatic heterocycles. The predicted octanol–water partition coefficient (Wildman–Crippen LogP) is -1.43. The summed E-state index contributed by atoms with van der Waals surface area (Å²) in [5.74, 6) is 0. The van der Waals surface area contributed by atoms with Crippen molar-refractivity contribution in [3.8, 4) is 0 Å². The molecule has 14 heavy (non-hydrogen) atoms. The minimum atomic E-state index is -3.25. The van der Waals surface area contributed by atoms with Gasteiger partial charge in [-0.05, 0) is 6.42 Å². The summed E-state index contributed by atoms with van der Waals surface area (Å²) < 4.78 is 47.6. The summed E-state index contributed by atoms with van der Waals surface area (Å²) in [5.41, 5.74) is 0. The summed E-state index contributed by atoms with van der Waals surface area (Å²) in [5, 5.41) is 0. The van der Waals surface area contributed by atoms with Crippen LogP contribution in [0.3, 0.4) is 0 Å². The van der Waals surface area contributed by atoms with Gasteiger partial charge in [0.05, 0.1) is 12.5 Å². The smallest absolute Gasteiger partial charge is 0.211 e. The van der Waals surface area contributed by atoms with E-state index in [1.54, 1.807) is 0 Å². The molecule has 0 bridgehead atoms. The van der Waals surface area contributed by atoms with Gasteiger partial charge < -0.3 is 0 Å². The van der Waals surface area contributed by atoms with Crippen molar-refractivity contribution in [3.05, 3.63) is 0 Å². The van der Waals surface area contributed by atoms with E-state index in [2.05, 4.69) is 4.72 Å². The van der Waals surface area contributed by atoms with Crippen molar-refractivity contribution in [2.24, 2.45) is 0 Å². The van der Waals surface area contributed by atoms with E-state index in [0.29, 0.717) is 13.0 Å². The molecule has 0 spiro atoms. The number of hydrogen-bond acceptors (Lipinski definition) is 4. The molecule has 0 amide bonds. The van der Waals surface area contributed by atoms with Gasteiger partial charge in [-0.15, -0.1) is 0 Å². The number of rotatable bonds is 3. The van der Waals surface area contributed by atoms with Gasteiger partial charge in [0.1, 0.15) is 0 Å². The molecule has 6 nitrogen and oxygen atoms in total. The van der Waals surface area contributed by atoms with Crippen molar-refractivity contribution in [3.63, 3.8) is 0 Å². The first-order valence-electron chi connectivity index (χ1n) is 4.11. The van der Waals surface area contributed by atoms with Crippen molar-refractivity contribution in [2.75, 3.05) is 25.6 Å². The SMILES string of the molecule is CS(=O)(=O)NC1CCN(S(C)(=O)=O)C1. The molecule has 0 aromatic rings. The van der Waals surface area contributed by atoms with Gasteiger partial charge in [0.25, 0.3) is 0 Å². The molecular formula is C6H14N2O4S2. The highest BCUT2D eigenvalue weighted by Crippen LogP contribution is 2.12. The van der Waals surface area contributed by atoms with Crippen molar-refractivity contribution in [1.82, 2.24) is 9.03 Å². The molecule has 1 unspecified atom stereocenters. The fourth-order valence-corrected chi connectivity index (χ4v) is 3.11. The summed E-state index contributed by atoms with van der Waals surface area (Å²) in [6.07, 6.45) is 2.71. The van der Waals surface area contributed by atoms with E-state index >= 15 is 0 Å². The second kappa shape index (κ2) is 3.76. The minimum absolute atomic E-state index is 0.228. The lowest BCUT2D eigenvalue weighted by atomic mass is 10.3. The minimum Gasteiger partial charge on any atom is -0.213 e. The van der Waals surface area contributed by atoms with Crippen LogP contribution in [0.25, 0.3) is 0 Å². The highest BCUT2D eigenvalue weighted by Gasteiger charge is 2.29. The predicted molar refractivity (Wildman–Crippen MR) is 52.8 cm³/mol. The molecule has 0 saturated carbocycles. The number of sulfonamides is 2. The maximum atomic E-state index is 11.1. The molecule has 1 heterocycles. The molecule has 1 atom stereocenters. The fraction of sp³-hybridized carbons (Fsp3) is 1.00. The average molecular weight is 242 g/mol. The Balaban J connectivity index is 2.59. The topological polar surface area (TPSA) is 83.6 Å². The third kappa shape index (κ3) is 3.52. The highest BCUT2D eigenvalue weighted by molar-refractivity contribution is 7.89. The fourth-order valence-electron chi connectivity index (χ4n) is 1.43. The zero-order valence-corrected chi connectivity index (χ0v) is 9.73. The monoisotopic (exact) mass is 242 g/mol. The lowest BCUT2D eigenvalue weighted by Gasteiger charge is -2.13. The van der Waals surface area contributed by atoms with Crippen LogP contribution in [-0.2, 0) is 20.0 Å². The van der Waals surface area contributed by atoms with Crippen LogP contribution in [0.2, 0.25) is 0 Å². The lowest BCUT2D eigenvalue weighted by Crippen LogP contribution is -2.37. The van der Waals surface area contributed by atoms with Gasteiger partial charge in [0.2, 0.25) is 20.0 Å². The van der Waals surface area contributed by atoms with E-state index in [1.807, 2.05) is 0 Å². The van der Waals surface area contributed by atoms with Crippen LogP contribution in [0.4, 0.5) is 0 Å². The van der Waals surface area contributed by atoms with Crippen LogP contribution in [0.5, 0.6) is 0 Å². The number of nitrogens with zero attached hydrogens (tertiary/aromatic N) is 1. The van der Waals surface area contributed by atoms with E-state index in [4.69, 9.17) is 0 Å². The van der Waals surface area contributed by atoms with Crippen LogP contribution >= 0.6 is 0 Å². The first-order chi connectivity index (χ1) is 6.18. The summed E-state index contributed by atoms with van der Waals surface area (Å²) in [4.78, 5) is 0. The third-order valence-electron chi connectivity index (χ3n) is 2.00. The van der Waals surface area contributed by atoms with Crippen molar-refractivity contribution < 1.29 is 16.8 Å². The second-order valence-electron chi connectivity index (χ2n) is 3.50. The second-order valence-corrected chi connectivity index (χ2v) is 7.26. The molecule has 84 valence electrons. The van der Waals surface area contributed by atoms with Crippen molar-refractivity contribution in [1.29, 1.82) is 0 Å². The molecule has 1 N–H and O–H groups in total. The Bertz CT molecular complexity index is 400. The Kier molecular flexibility index (Phi) is 3.20. The Hall–Kier alpha value is -0.180. The molecule has 0 aliphatic carbocycles. The van der Waals surface area contributed by atoms with E-state index in [9.17, 15) is 16.8 Å².